The van der Waals surface area contributed by atoms with Crippen LogP contribution in [-0.4, -0.2) is 43.2 Å². The minimum Gasteiger partial charge on any atom is -0.492 e. The summed E-state index contributed by atoms with van der Waals surface area (Å²) in [6.07, 6.45) is 3.15. The van der Waals surface area contributed by atoms with Crippen molar-refractivity contribution in [2.75, 3.05) is 26.2 Å². The first kappa shape index (κ1) is 27.2. The molecule has 0 saturated carbocycles. The van der Waals surface area contributed by atoms with Crippen molar-refractivity contribution in [1.29, 1.82) is 0 Å². The average Bonchev–Trinajstić information content (AvgIpc) is 2.81. The summed E-state index contributed by atoms with van der Waals surface area (Å²) in [5.74, 6) is -0.502. The van der Waals surface area contributed by atoms with Crippen LogP contribution >= 0.6 is 0 Å². The van der Waals surface area contributed by atoms with Crippen LogP contribution in [0.4, 0.5) is 0 Å². The number of carboxylic acids is 1. The molecule has 0 aliphatic carbocycles. The van der Waals surface area contributed by atoms with E-state index in [-0.39, 0.29) is 11.8 Å². The van der Waals surface area contributed by atoms with Crippen molar-refractivity contribution in [2.45, 2.75) is 46.5 Å². The summed E-state index contributed by atoms with van der Waals surface area (Å²) < 4.78 is 5.63. The first-order chi connectivity index (χ1) is 15.5. The van der Waals surface area contributed by atoms with Gasteiger partial charge in [-0.1, -0.05) is 63.9 Å². The number of ether oxygens (including phenoxy) is 1. The number of hydrogen-bond acceptors (Lipinski definition) is 4. The van der Waals surface area contributed by atoms with Gasteiger partial charge < -0.3 is 20.5 Å². The van der Waals surface area contributed by atoms with Gasteiger partial charge in [0.25, 0.3) is 5.91 Å². The van der Waals surface area contributed by atoms with E-state index in [1.807, 2.05) is 42.5 Å². The van der Waals surface area contributed by atoms with E-state index in [0.29, 0.717) is 37.3 Å². The fourth-order valence-electron chi connectivity index (χ4n) is 3.04. The lowest BCUT2D eigenvalue weighted by molar-refractivity contribution is -0.142. The number of nitrogens with one attached hydrogen (secondary N) is 2. The van der Waals surface area contributed by atoms with Gasteiger partial charge in [0, 0.05) is 5.56 Å². The number of aliphatic carboxylic acids is 1. The Morgan fingerprint density at radius 2 is 1.62 bits per heavy atom. The average molecular weight is 443 g/mol. The summed E-state index contributed by atoms with van der Waals surface area (Å²) in [6.45, 7) is 9.23. The van der Waals surface area contributed by atoms with E-state index in [0.717, 1.165) is 31.5 Å². The van der Waals surface area contributed by atoms with E-state index in [9.17, 15) is 14.7 Å². The molecule has 0 aliphatic rings. The zero-order chi connectivity index (χ0) is 23.6. The third-order valence-corrected chi connectivity index (χ3v) is 4.85. The van der Waals surface area contributed by atoms with Crippen molar-refractivity contribution in [3.8, 4) is 5.75 Å². The molecule has 1 amide bonds. The first-order valence-corrected chi connectivity index (χ1v) is 11.5. The number of carbonyl (C=O) groups excluding carboxylic acids is 1. The summed E-state index contributed by atoms with van der Waals surface area (Å²) in [5, 5.41) is 15.2. The van der Waals surface area contributed by atoms with E-state index in [2.05, 4.69) is 31.4 Å². The zero-order valence-electron chi connectivity index (χ0n) is 19.6. The smallest absolute Gasteiger partial charge is 0.306 e. The van der Waals surface area contributed by atoms with Crippen LogP contribution in [0.2, 0.25) is 0 Å². The Morgan fingerprint density at radius 3 is 2.16 bits per heavy atom. The molecular weight excluding hydrogens is 404 g/mol. The van der Waals surface area contributed by atoms with Crippen molar-refractivity contribution in [3.05, 3.63) is 65.7 Å². The molecule has 3 N–H and O–H groups in total. The molecule has 6 heteroatoms. The minimum absolute atomic E-state index is 0.124. The Hall–Kier alpha value is -2.86. The highest BCUT2D eigenvalue weighted by Crippen LogP contribution is 2.18. The van der Waals surface area contributed by atoms with Gasteiger partial charge >= 0.3 is 5.97 Å². The van der Waals surface area contributed by atoms with Gasteiger partial charge in [0.1, 0.15) is 12.4 Å². The molecule has 0 heterocycles. The van der Waals surface area contributed by atoms with Crippen LogP contribution in [0.5, 0.6) is 5.75 Å². The molecule has 0 aliphatic heterocycles. The molecule has 2 aromatic carbocycles. The summed E-state index contributed by atoms with van der Waals surface area (Å²) in [6, 6.07) is 16.5. The predicted octanol–water partition coefficient (Wildman–Crippen LogP) is 4.54. The van der Waals surface area contributed by atoms with Crippen molar-refractivity contribution < 1.29 is 19.4 Å². The van der Waals surface area contributed by atoms with Crippen LogP contribution in [0.3, 0.4) is 0 Å². The molecular formula is C26H38N2O4. The van der Waals surface area contributed by atoms with Gasteiger partial charge in [-0.15, -0.1) is 0 Å². The molecule has 2 rings (SSSR count). The lowest BCUT2D eigenvalue weighted by Crippen LogP contribution is -2.28. The van der Waals surface area contributed by atoms with E-state index in [1.54, 1.807) is 12.1 Å². The lowest BCUT2D eigenvalue weighted by atomic mass is 9.94. The third-order valence-electron chi connectivity index (χ3n) is 4.85. The Kier molecular flexibility index (Phi) is 14.3. The van der Waals surface area contributed by atoms with Crippen LogP contribution in [-0.2, 0) is 11.2 Å². The number of carboxylic acid groups (broad SMARTS) is 1. The monoisotopic (exact) mass is 442 g/mol. The van der Waals surface area contributed by atoms with Crippen molar-refractivity contribution >= 4 is 11.9 Å². The van der Waals surface area contributed by atoms with Crippen LogP contribution in [0, 0.1) is 5.92 Å². The molecule has 176 valence electrons. The molecule has 1 unspecified atom stereocenters. The number of benzene rings is 2. The number of unbranched alkanes of at least 4 members (excludes halogenated alkanes) is 1. The maximum Gasteiger partial charge on any atom is 0.306 e. The molecule has 32 heavy (non-hydrogen) atoms. The van der Waals surface area contributed by atoms with Gasteiger partial charge in [-0.2, -0.15) is 0 Å². The minimum atomic E-state index is -0.738. The number of amides is 1. The standard InChI is InChI=1S/C22H27NO4.C4H11N/c1-2-3-7-19(22(25)26)16-17-10-12-20(13-11-17)27-15-14-23-21(24)18-8-5-4-6-9-18;1-3-5-4-2/h4-6,8-13,19H,2-3,7,14-16H2,1H3,(H,23,24)(H,25,26);5H,3-4H2,1-2H3. The molecule has 0 bridgehead atoms. The van der Waals surface area contributed by atoms with E-state index >= 15 is 0 Å². The molecule has 0 fully saturated rings. The Balaban J connectivity index is 0.000000920. The van der Waals surface area contributed by atoms with Crippen LogP contribution in [0.1, 0.15) is 56.0 Å². The Morgan fingerprint density at radius 1 is 0.969 bits per heavy atom. The van der Waals surface area contributed by atoms with Crippen molar-refractivity contribution in [3.63, 3.8) is 0 Å². The van der Waals surface area contributed by atoms with Gasteiger partial charge in [-0.3, -0.25) is 9.59 Å². The van der Waals surface area contributed by atoms with Crippen molar-refractivity contribution in [1.82, 2.24) is 10.6 Å². The number of rotatable bonds is 13. The third kappa shape index (κ3) is 11.5. The molecule has 0 saturated heterocycles. The molecule has 0 spiro atoms. The van der Waals surface area contributed by atoms with Crippen molar-refractivity contribution in [2.24, 2.45) is 5.92 Å². The summed E-state index contributed by atoms with van der Waals surface area (Å²) in [4.78, 5) is 23.3. The molecule has 0 aromatic heterocycles. The highest BCUT2D eigenvalue weighted by atomic mass is 16.5. The fourth-order valence-corrected chi connectivity index (χ4v) is 3.04. The predicted molar refractivity (Wildman–Crippen MR) is 129 cm³/mol. The lowest BCUT2D eigenvalue weighted by Gasteiger charge is -2.12. The summed E-state index contributed by atoms with van der Waals surface area (Å²) >= 11 is 0. The van der Waals surface area contributed by atoms with Gasteiger partial charge in [0.2, 0.25) is 0 Å². The molecule has 2 aromatic rings. The van der Waals surface area contributed by atoms with Gasteiger partial charge in [0.15, 0.2) is 0 Å². The van der Waals surface area contributed by atoms with Crippen LogP contribution in [0.15, 0.2) is 54.6 Å². The molecule has 0 radical (unpaired) electrons. The van der Waals surface area contributed by atoms with Crippen LogP contribution in [0.25, 0.3) is 0 Å². The zero-order valence-corrected chi connectivity index (χ0v) is 19.6. The van der Waals surface area contributed by atoms with E-state index < -0.39 is 5.97 Å². The quantitative estimate of drug-likeness (QED) is 0.396. The SMILES string of the molecule is CCCCC(Cc1ccc(OCCNC(=O)c2ccccc2)cc1)C(=O)O.CCNCC. The number of carbonyl (C=O) groups is 2. The van der Waals surface area contributed by atoms with Gasteiger partial charge in [-0.25, -0.2) is 0 Å². The Bertz CT molecular complexity index is 761. The van der Waals surface area contributed by atoms with Crippen LogP contribution < -0.4 is 15.4 Å². The maximum atomic E-state index is 11.9. The van der Waals surface area contributed by atoms with Gasteiger partial charge in [0.05, 0.1) is 12.5 Å². The fraction of sp³-hybridized carbons (Fsp3) is 0.462. The topological polar surface area (TPSA) is 87.7 Å². The van der Waals surface area contributed by atoms with E-state index in [4.69, 9.17) is 4.74 Å². The van der Waals surface area contributed by atoms with Gasteiger partial charge in [-0.05, 0) is 55.8 Å². The highest BCUT2D eigenvalue weighted by molar-refractivity contribution is 5.94. The second kappa shape index (κ2) is 16.8. The molecule has 1 atom stereocenters. The number of hydrogen-bond donors (Lipinski definition) is 3. The second-order valence-corrected chi connectivity index (χ2v) is 7.45. The largest absolute Gasteiger partial charge is 0.492 e. The Labute approximate surface area is 192 Å². The normalized spacial score (nSPS) is 11.1. The highest BCUT2D eigenvalue weighted by Gasteiger charge is 2.17. The summed E-state index contributed by atoms with van der Waals surface area (Å²) in [5.41, 5.74) is 1.61. The van der Waals surface area contributed by atoms with E-state index in [1.165, 1.54) is 0 Å². The first-order valence-electron chi connectivity index (χ1n) is 11.5. The second-order valence-electron chi connectivity index (χ2n) is 7.45. The maximum absolute atomic E-state index is 11.9. The summed E-state index contributed by atoms with van der Waals surface area (Å²) in [7, 11) is 0. The molecule has 6 nitrogen and oxygen atoms in total.